The van der Waals surface area contributed by atoms with E-state index in [1.807, 2.05) is 13.8 Å². The summed E-state index contributed by atoms with van der Waals surface area (Å²) in [5, 5.41) is 2.91. The van der Waals surface area contributed by atoms with E-state index in [1.54, 1.807) is 0 Å². The average Bonchev–Trinajstić information content (AvgIpc) is 2.30. The van der Waals surface area contributed by atoms with Gasteiger partial charge >= 0.3 is 0 Å². The Bertz CT molecular complexity index is 311. The molecule has 0 spiro atoms. The lowest BCUT2D eigenvalue weighted by molar-refractivity contribution is -0.123. The van der Waals surface area contributed by atoms with Crippen molar-refractivity contribution in [3.05, 3.63) is 0 Å². The SMILES string of the molecule is CC(C)NC(=O)CN1CCN(CC#CCN)CC1. The zero-order valence-corrected chi connectivity index (χ0v) is 11.4. The molecule has 0 aliphatic carbocycles. The summed E-state index contributed by atoms with van der Waals surface area (Å²) in [5.41, 5.74) is 5.32. The van der Waals surface area contributed by atoms with Gasteiger partial charge in [0.05, 0.1) is 19.6 Å². The minimum Gasteiger partial charge on any atom is -0.353 e. The van der Waals surface area contributed by atoms with Crippen LogP contribution in [0, 0.1) is 11.8 Å². The molecule has 0 bridgehead atoms. The molecule has 0 aromatic heterocycles. The number of rotatable bonds is 4. The van der Waals surface area contributed by atoms with Crippen LogP contribution in [0.5, 0.6) is 0 Å². The van der Waals surface area contributed by atoms with Crippen molar-refractivity contribution in [2.24, 2.45) is 5.73 Å². The molecule has 1 aliphatic rings. The van der Waals surface area contributed by atoms with Crippen molar-refractivity contribution in [3.63, 3.8) is 0 Å². The van der Waals surface area contributed by atoms with Crippen LogP contribution < -0.4 is 11.1 Å². The zero-order valence-electron chi connectivity index (χ0n) is 11.4. The number of nitrogens with two attached hydrogens (primary N) is 1. The first-order valence-electron chi connectivity index (χ1n) is 6.51. The van der Waals surface area contributed by atoms with E-state index < -0.39 is 0 Å². The molecule has 0 saturated carbocycles. The number of amides is 1. The number of carbonyl (C=O) groups excluding carboxylic acids is 1. The molecule has 0 atom stereocenters. The second-order valence-electron chi connectivity index (χ2n) is 4.83. The van der Waals surface area contributed by atoms with Gasteiger partial charge in [-0.25, -0.2) is 0 Å². The van der Waals surface area contributed by atoms with Crippen LogP contribution in [0.3, 0.4) is 0 Å². The summed E-state index contributed by atoms with van der Waals surface area (Å²) >= 11 is 0. The third-order valence-electron chi connectivity index (χ3n) is 2.81. The van der Waals surface area contributed by atoms with E-state index in [-0.39, 0.29) is 11.9 Å². The fourth-order valence-electron chi connectivity index (χ4n) is 1.92. The molecule has 0 aromatic carbocycles. The average molecular weight is 252 g/mol. The molecule has 0 unspecified atom stereocenters. The van der Waals surface area contributed by atoms with E-state index in [1.165, 1.54) is 0 Å². The Hall–Kier alpha value is -1.09. The zero-order chi connectivity index (χ0) is 13.4. The molecule has 1 fully saturated rings. The van der Waals surface area contributed by atoms with Crippen LogP contribution in [-0.2, 0) is 4.79 Å². The maximum absolute atomic E-state index is 11.6. The highest BCUT2D eigenvalue weighted by Gasteiger charge is 2.18. The molecule has 0 radical (unpaired) electrons. The second-order valence-corrected chi connectivity index (χ2v) is 4.83. The van der Waals surface area contributed by atoms with Crippen LogP contribution in [0.15, 0.2) is 0 Å². The molecule has 1 rings (SSSR count). The van der Waals surface area contributed by atoms with E-state index in [0.717, 1.165) is 32.7 Å². The third-order valence-corrected chi connectivity index (χ3v) is 2.81. The number of piperazine rings is 1. The Labute approximate surface area is 110 Å². The monoisotopic (exact) mass is 252 g/mol. The van der Waals surface area contributed by atoms with E-state index >= 15 is 0 Å². The molecule has 1 aliphatic heterocycles. The van der Waals surface area contributed by atoms with Crippen LogP contribution in [0.2, 0.25) is 0 Å². The highest BCUT2D eigenvalue weighted by atomic mass is 16.2. The van der Waals surface area contributed by atoms with Gasteiger partial charge in [0.1, 0.15) is 0 Å². The van der Waals surface area contributed by atoms with E-state index in [2.05, 4.69) is 27.0 Å². The molecule has 18 heavy (non-hydrogen) atoms. The summed E-state index contributed by atoms with van der Waals surface area (Å²) in [6.07, 6.45) is 0. The largest absolute Gasteiger partial charge is 0.353 e. The van der Waals surface area contributed by atoms with Crippen LogP contribution >= 0.6 is 0 Å². The van der Waals surface area contributed by atoms with Gasteiger partial charge in [-0.05, 0) is 13.8 Å². The molecule has 5 nitrogen and oxygen atoms in total. The van der Waals surface area contributed by atoms with Gasteiger partial charge in [0.15, 0.2) is 0 Å². The van der Waals surface area contributed by atoms with Crippen LogP contribution in [0.1, 0.15) is 13.8 Å². The minimum absolute atomic E-state index is 0.112. The van der Waals surface area contributed by atoms with Crippen molar-refractivity contribution in [2.75, 3.05) is 45.8 Å². The van der Waals surface area contributed by atoms with Crippen molar-refractivity contribution in [1.82, 2.24) is 15.1 Å². The lowest BCUT2D eigenvalue weighted by Gasteiger charge is -2.33. The third kappa shape index (κ3) is 6.01. The Balaban J connectivity index is 2.21. The van der Waals surface area contributed by atoms with Crippen molar-refractivity contribution < 1.29 is 4.79 Å². The topological polar surface area (TPSA) is 61.6 Å². The van der Waals surface area contributed by atoms with Gasteiger partial charge in [-0.1, -0.05) is 11.8 Å². The smallest absolute Gasteiger partial charge is 0.234 e. The lowest BCUT2D eigenvalue weighted by Crippen LogP contribution is -2.50. The van der Waals surface area contributed by atoms with Gasteiger partial charge in [-0.2, -0.15) is 0 Å². The van der Waals surface area contributed by atoms with Gasteiger partial charge in [0, 0.05) is 32.2 Å². The highest BCUT2D eigenvalue weighted by molar-refractivity contribution is 5.78. The van der Waals surface area contributed by atoms with E-state index in [4.69, 9.17) is 5.73 Å². The molecular weight excluding hydrogens is 228 g/mol. The van der Waals surface area contributed by atoms with Crippen molar-refractivity contribution in [1.29, 1.82) is 0 Å². The summed E-state index contributed by atoms with van der Waals surface area (Å²) in [7, 11) is 0. The van der Waals surface area contributed by atoms with Gasteiger partial charge in [-0.3, -0.25) is 14.6 Å². The normalized spacial score (nSPS) is 17.3. The predicted molar refractivity (Wildman–Crippen MR) is 73.0 cm³/mol. The van der Waals surface area contributed by atoms with Crippen LogP contribution in [-0.4, -0.2) is 67.6 Å². The van der Waals surface area contributed by atoms with Gasteiger partial charge in [-0.15, -0.1) is 0 Å². The number of nitrogens with one attached hydrogen (secondary N) is 1. The molecule has 1 saturated heterocycles. The number of carbonyl (C=O) groups is 1. The molecule has 1 amide bonds. The summed E-state index contributed by atoms with van der Waals surface area (Å²) in [6.45, 7) is 9.45. The fourth-order valence-corrected chi connectivity index (χ4v) is 1.92. The van der Waals surface area contributed by atoms with Crippen molar-refractivity contribution in [3.8, 4) is 11.8 Å². The van der Waals surface area contributed by atoms with E-state index in [0.29, 0.717) is 13.1 Å². The highest BCUT2D eigenvalue weighted by Crippen LogP contribution is 2.00. The molecule has 0 aromatic rings. The maximum atomic E-state index is 11.6. The Morgan fingerprint density at radius 2 is 1.83 bits per heavy atom. The quantitative estimate of drug-likeness (QED) is 0.636. The second kappa shape index (κ2) is 8.09. The lowest BCUT2D eigenvalue weighted by atomic mass is 10.3. The first-order chi connectivity index (χ1) is 8.61. The van der Waals surface area contributed by atoms with Gasteiger partial charge < -0.3 is 11.1 Å². The molecule has 102 valence electrons. The number of hydrogen-bond acceptors (Lipinski definition) is 4. The molecule has 1 heterocycles. The Morgan fingerprint density at radius 1 is 1.22 bits per heavy atom. The Morgan fingerprint density at radius 3 is 2.39 bits per heavy atom. The Kier molecular flexibility index (Phi) is 6.73. The van der Waals surface area contributed by atoms with Crippen LogP contribution in [0.25, 0.3) is 0 Å². The first-order valence-corrected chi connectivity index (χ1v) is 6.51. The first kappa shape index (κ1) is 15.0. The summed E-state index contributed by atoms with van der Waals surface area (Å²) < 4.78 is 0. The standard InChI is InChI=1S/C13H24N4O/c1-12(2)15-13(18)11-17-9-7-16(8-10-17)6-4-3-5-14/h12H,5-11,14H2,1-2H3,(H,15,18). The summed E-state index contributed by atoms with van der Waals surface area (Å²) in [4.78, 5) is 16.1. The van der Waals surface area contributed by atoms with E-state index in [9.17, 15) is 4.79 Å². The molecule has 3 N–H and O–H groups in total. The molecule has 5 heteroatoms. The van der Waals surface area contributed by atoms with Crippen molar-refractivity contribution >= 4 is 5.91 Å². The number of hydrogen-bond donors (Lipinski definition) is 2. The predicted octanol–water partition coefficient (Wildman–Crippen LogP) is -0.909. The maximum Gasteiger partial charge on any atom is 0.234 e. The fraction of sp³-hybridized carbons (Fsp3) is 0.769. The summed E-state index contributed by atoms with van der Waals surface area (Å²) in [6, 6.07) is 0.213. The van der Waals surface area contributed by atoms with Gasteiger partial charge in [0.2, 0.25) is 5.91 Å². The molecular formula is C13H24N4O. The minimum atomic E-state index is 0.112. The number of nitrogens with zero attached hydrogens (tertiary/aromatic N) is 2. The van der Waals surface area contributed by atoms with Crippen LogP contribution in [0.4, 0.5) is 0 Å². The van der Waals surface area contributed by atoms with Gasteiger partial charge in [0.25, 0.3) is 0 Å². The summed E-state index contributed by atoms with van der Waals surface area (Å²) in [5.74, 6) is 6.02. The van der Waals surface area contributed by atoms with Crippen molar-refractivity contribution in [2.45, 2.75) is 19.9 Å².